The molecule has 0 fully saturated rings. The molecule has 2 aromatic carbocycles. The smallest absolute Gasteiger partial charge is 0.222 e. The first kappa shape index (κ1) is 22.7. The Morgan fingerprint density at radius 1 is 1.13 bits per heavy atom. The number of carbonyl (C=O) groups is 1. The van der Waals surface area contributed by atoms with Crippen molar-refractivity contribution in [3.05, 3.63) is 64.7 Å². The first-order chi connectivity index (χ1) is 15.1. The average molecular weight is 423 g/mol. The Morgan fingerprint density at radius 2 is 1.90 bits per heavy atom. The summed E-state index contributed by atoms with van der Waals surface area (Å²) >= 11 is 0. The van der Waals surface area contributed by atoms with E-state index in [4.69, 9.17) is 4.74 Å². The van der Waals surface area contributed by atoms with Crippen LogP contribution in [0.3, 0.4) is 0 Å². The Bertz CT molecular complexity index is 910. The van der Waals surface area contributed by atoms with Crippen LogP contribution in [-0.2, 0) is 24.2 Å². The van der Waals surface area contributed by atoms with Crippen molar-refractivity contribution in [2.75, 3.05) is 33.8 Å². The Kier molecular flexibility index (Phi) is 8.33. The van der Waals surface area contributed by atoms with E-state index in [-0.39, 0.29) is 5.91 Å². The third-order valence-electron chi connectivity index (χ3n) is 5.69. The van der Waals surface area contributed by atoms with Crippen LogP contribution in [0.2, 0.25) is 0 Å². The molecule has 166 valence electrons. The fourth-order valence-electron chi connectivity index (χ4n) is 3.95. The second kappa shape index (κ2) is 11.4. The van der Waals surface area contributed by atoms with Gasteiger partial charge in [0.15, 0.2) is 5.96 Å². The molecule has 2 N–H and O–H groups in total. The van der Waals surface area contributed by atoms with Crippen LogP contribution in [0.15, 0.2) is 47.5 Å². The lowest BCUT2D eigenvalue weighted by molar-refractivity contribution is -0.132. The van der Waals surface area contributed by atoms with Crippen molar-refractivity contribution in [3.63, 3.8) is 0 Å². The largest absolute Gasteiger partial charge is 0.496 e. The van der Waals surface area contributed by atoms with Crippen LogP contribution in [0, 0.1) is 6.92 Å². The highest BCUT2D eigenvalue weighted by atomic mass is 16.5. The molecule has 0 unspecified atom stereocenters. The molecule has 6 nitrogen and oxygen atoms in total. The molecule has 1 amide bonds. The number of hydrogen-bond donors (Lipinski definition) is 2. The van der Waals surface area contributed by atoms with Gasteiger partial charge in [-0.2, -0.15) is 0 Å². The Morgan fingerprint density at radius 3 is 2.68 bits per heavy atom. The minimum Gasteiger partial charge on any atom is -0.496 e. The highest BCUT2D eigenvalue weighted by Gasteiger charge is 2.19. The van der Waals surface area contributed by atoms with E-state index in [0.29, 0.717) is 13.0 Å². The zero-order chi connectivity index (χ0) is 22.1. The summed E-state index contributed by atoms with van der Waals surface area (Å²) in [4.78, 5) is 18.8. The van der Waals surface area contributed by atoms with Gasteiger partial charge in [-0.05, 0) is 48.9 Å². The number of fused-ring (bicyclic) bond motifs is 1. The zero-order valence-corrected chi connectivity index (χ0v) is 18.9. The summed E-state index contributed by atoms with van der Waals surface area (Å²) in [5.41, 5.74) is 5.04. The van der Waals surface area contributed by atoms with Gasteiger partial charge >= 0.3 is 0 Å². The Hall–Kier alpha value is -3.02. The van der Waals surface area contributed by atoms with Gasteiger partial charge in [0.1, 0.15) is 5.75 Å². The van der Waals surface area contributed by atoms with Crippen LogP contribution in [0.25, 0.3) is 0 Å². The number of carbonyl (C=O) groups excluding carboxylic acids is 1. The molecule has 0 bridgehead atoms. The molecular formula is C25H34N4O2. The van der Waals surface area contributed by atoms with Gasteiger partial charge in [-0.1, -0.05) is 42.0 Å². The van der Waals surface area contributed by atoms with E-state index >= 15 is 0 Å². The third-order valence-corrected chi connectivity index (χ3v) is 5.69. The second-order valence-electron chi connectivity index (χ2n) is 7.93. The molecule has 0 radical (unpaired) electrons. The minimum absolute atomic E-state index is 0.228. The number of amides is 1. The molecule has 0 atom stereocenters. The molecule has 31 heavy (non-hydrogen) atoms. The molecule has 0 aromatic heterocycles. The quantitative estimate of drug-likeness (QED) is 0.390. The predicted octanol–water partition coefficient (Wildman–Crippen LogP) is 3.08. The number of benzene rings is 2. The fourth-order valence-corrected chi connectivity index (χ4v) is 3.95. The van der Waals surface area contributed by atoms with E-state index in [9.17, 15) is 4.79 Å². The molecule has 3 rings (SSSR count). The first-order valence-electron chi connectivity index (χ1n) is 11.0. The first-order valence-corrected chi connectivity index (χ1v) is 11.0. The number of guanidine groups is 1. The standard InChI is InChI=1S/C25H34N4O2/c1-19-10-11-23(31-3)21(17-19)12-15-28-25(26-2)27-14-6-9-24(30)29-16-13-20-7-4-5-8-22(20)18-29/h4-5,7-8,10-11,17H,6,9,12-16,18H2,1-3H3,(H2,26,27,28). The Labute approximate surface area is 185 Å². The zero-order valence-electron chi connectivity index (χ0n) is 18.9. The van der Waals surface area contributed by atoms with Crippen LogP contribution in [0.5, 0.6) is 5.75 Å². The summed E-state index contributed by atoms with van der Waals surface area (Å²) in [7, 11) is 3.46. The average Bonchev–Trinajstić information content (AvgIpc) is 2.80. The maximum absolute atomic E-state index is 12.6. The molecule has 6 heteroatoms. The van der Waals surface area contributed by atoms with Crippen molar-refractivity contribution < 1.29 is 9.53 Å². The van der Waals surface area contributed by atoms with Crippen LogP contribution in [0.1, 0.15) is 35.1 Å². The molecule has 2 aromatic rings. The predicted molar refractivity (Wildman–Crippen MR) is 126 cm³/mol. The van der Waals surface area contributed by atoms with E-state index in [1.165, 1.54) is 22.3 Å². The van der Waals surface area contributed by atoms with Crippen LogP contribution >= 0.6 is 0 Å². The monoisotopic (exact) mass is 422 g/mol. The van der Waals surface area contributed by atoms with Crippen molar-refractivity contribution >= 4 is 11.9 Å². The number of ether oxygens (including phenoxy) is 1. The van der Waals surface area contributed by atoms with Crippen molar-refractivity contribution in [2.24, 2.45) is 4.99 Å². The summed E-state index contributed by atoms with van der Waals surface area (Å²) in [6.07, 6.45) is 3.12. The molecule has 1 aliphatic heterocycles. The molecule has 1 aliphatic rings. The van der Waals surface area contributed by atoms with Gasteiger partial charge in [0.25, 0.3) is 0 Å². The van der Waals surface area contributed by atoms with Crippen molar-refractivity contribution in [1.29, 1.82) is 0 Å². The van der Waals surface area contributed by atoms with E-state index < -0.39 is 0 Å². The lowest BCUT2D eigenvalue weighted by Gasteiger charge is -2.29. The molecule has 1 heterocycles. The number of nitrogens with one attached hydrogen (secondary N) is 2. The number of hydrogen-bond acceptors (Lipinski definition) is 3. The summed E-state index contributed by atoms with van der Waals surface area (Å²) in [6.45, 7) is 5.10. The number of rotatable bonds is 8. The van der Waals surface area contributed by atoms with Gasteiger partial charge in [0.05, 0.1) is 7.11 Å². The number of aryl methyl sites for hydroxylation is 1. The topological polar surface area (TPSA) is 66.0 Å². The van der Waals surface area contributed by atoms with E-state index in [1.807, 2.05) is 17.0 Å². The molecular weight excluding hydrogens is 388 g/mol. The van der Waals surface area contributed by atoms with E-state index in [1.54, 1.807) is 14.2 Å². The van der Waals surface area contributed by atoms with Gasteiger partial charge in [-0.3, -0.25) is 9.79 Å². The van der Waals surface area contributed by atoms with Gasteiger partial charge in [0, 0.05) is 39.6 Å². The normalized spacial score (nSPS) is 13.5. The molecule has 0 aliphatic carbocycles. The number of nitrogens with zero attached hydrogens (tertiary/aromatic N) is 2. The molecule has 0 saturated carbocycles. The summed E-state index contributed by atoms with van der Waals surface area (Å²) in [5, 5.41) is 6.65. The van der Waals surface area contributed by atoms with Gasteiger partial charge in [0.2, 0.25) is 5.91 Å². The fraction of sp³-hybridized carbons (Fsp3) is 0.440. The third kappa shape index (κ3) is 6.48. The van der Waals surface area contributed by atoms with Gasteiger partial charge in [-0.15, -0.1) is 0 Å². The maximum Gasteiger partial charge on any atom is 0.222 e. The molecule has 0 spiro atoms. The van der Waals surface area contributed by atoms with Crippen LogP contribution in [-0.4, -0.2) is 50.6 Å². The Balaban J connectivity index is 1.36. The summed E-state index contributed by atoms with van der Waals surface area (Å²) < 4.78 is 5.45. The lowest BCUT2D eigenvalue weighted by atomic mass is 9.99. The van der Waals surface area contributed by atoms with E-state index in [2.05, 4.69) is 52.9 Å². The van der Waals surface area contributed by atoms with Crippen molar-refractivity contribution in [3.8, 4) is 5.75 Å². The van der Waals surface area contributed by atoms with Crippen LogP contribution in [0.4, 0.5) is 0 Å². The SMILES string of the molecule is CN=C(NCCCC(=O)N1CCc2ccccc2C1)NCCc1cc(C)ccc1OC. The minimum atomic E-state index is 0.228. The van der Waals surface area contributed by atoms with Gasteiger partial charge in [-0.25, -0.2) is 0 Å². The second-order valence-corrected chi connectivity index (χ2v) is 7.93. The van der Waals surface area contributed by atoms with Crippen LogP contribution < -0.4 is 15.4 Å². The van der Waals surface area contributed by atoms with E-state index in [0.717, 1.165) is 50.6 Å². The van der Waals surface area contributed by atoms with Crippen molar-refractivity contribution in [1.82, 2.24) is 15.5 Å². The lowest BCUT2D eigenvalue weighted by Crippen LogP contribution is -2.39. The van der Waals surface area contributed by atoms with Crippen molar-refractivity contribution in [2.45, 2.75) is 39.2 Å². The number of methoxy groups -OCH3 is 1. The number of aliphatic imine (C=N–C) groups is 1. The maximum atomic E-state index is 12.6. The van der Waals surface area contributed by atoms with Gasteiger partial charge < -0.3 is 20.3 Å². The molecule has 0 saturated heterocycles. The highest BCUT2D eigenvalue weighted by molar-refractivity contribution is 5.80. The highest BCUT2D eigenvalue weighted by Crippen LogP contribution is 2.20. The summed E-state index contributed by atoms with van der Waals surface area (Å²) in [6, 6.07) is 14.6. The summed E-state index contributed by atoms with van der Waals surface area (Å²) in [5.74, 6) is 1.89.